The third-order valence-electron chi connectivity index (χ3n) is 3.68. The van der Waals surface area contributed by atoms with Crippen LogP contribution in [-0.2, 0) is 4.79 Å². The Balaban J connectivity index is 1.75. The predicted octanol–water partition coefficient (Wildman–Crippen LogP) is 2.48. The number of rotatable bonds is 3. The minimum Gasteiger partial charge on any atom is -0.353 e. The molecule has 0 heterocycles. The van der Waals surface area contributed by atoms with Gasteiger partial charge in [0.2, 0.25) is 5.91 Å². The summed E-state index contributed by atoms with van der Waals surface area (Å²) in [7, 11) is 0. The Hall–Kier alpha value is -0.530. The van der Waals surface area contributed by atoms with E-state index in [1.165, 1.54) is 32.1 Å². The van der Waals surface area contributed by atoms with Gasteiger partial charge in [-0.15, -0.1) is 0 Å². The van der Waals surface area contributed by atoms with E-state index in [2.05, 4.69) is 12.2 Å². The lowest BCUT2D eigenvalue weighted by molar-refractivity contribution is -0.126. The Labute approximate surface area is 86.5 Å². The molecule has 0 saturated heterocycles. The molecule has 1 N–H and O–H groups in total. The van der Waals surface area contributed by atoms with E-state index >= 15 is 0 Å². The second-order valence-corrected chi connectivity index (χ2v) is 4.97. The van der Waals surface area contributed by atoms with Gasteiger partial charge < -0.3 is 5.32 Å². The van der Waals surface area contributed by atoms with Gasteiger partial charge in [-0.2, -0.15) is 0 Å². The minimum atomic E-state index is 0.323. The fraction of sp³-hybridized carbons (Fsp3) is 0.917. The largest absolute Gasteiger partial charge is 0.353 e. The summed E-state index contributed by atoms with van der Waals surface area (Å²) in [6.45, 7) is 2.15. The van der Waals surface area contributed by atoms with Gasteiger partial charge in [0, 0.05) is 12.0 Å². The fourth-order valence-electron chi connectivity index (χ4n) is 2.42. The summed E-state index contributed by atoms with van der Waals surface area (Å²) < 4.78 is 0. The van der Waals surface area contributed by atoms with Gasteiger partial charge in [0.25, 0.3) is 0 Å². The molecular weight excluding hydrogens is 174 g/mol. The van der Waals surface area contributed by atoms with Crippen molar-refractivity contribution in [1.82, 2.24) is 5.32 Å². The zero-order valence-corrected chi connectivity index (χ0v) is 9.09. The maximum atomic E-state index is 11.8. The third-order valence-corrected chi connectivity index (χ3v) is 3.68. The zero-order chi connectivity index (χ0) is 9.97. The molecule has 2 heteroatoms. The van der Waals surface area contributed by atoms with Crippen LogP contribution in [0.1, 0.15) is 51.9 Å². The maximum Gasteiger partial charge on any atom is 0.223 e. The van der Waals surface area contributed by atoms with E-state index in [0.717, 1.165) is 18.8 Å². The quantitative estimate of drug-likeness (QED) is 0.736. The molecule has 2 aliphatic rings. The van der Waals surface area contributed by atoms with Crippen molar-refractivity contribution in [2.45, 2.75) is 57.9 Å². The molecule has 0 aromatic carbocycles. The van der Waals surface area contributed by atoms with Gasteiger partial charge in [-0.05, 0) is 38.5 Å². The molecule has 2 nitrogen and oxygen atoms in total. The van der Waals surface area contributed by atoms with Crippen LogP contribution in [0.5, 0.6) is 0 Å². The summed E-state index contributed by atoms with van der Waals surface area (Å²) in [5, 5.41) is 3.17. The third kappa shape index (κ3) is 2.49. The molecule has 0 radical (unpaired) electrons. The highest BCUT2D eigenvalue weighted by Gasteiger charge is 2.30. The highest BCUT2D eigenvalue weighted by molar-refractivity contribution is 5.79. The topological polar surface area (TPSA) is 29.1 Å². The highest BCUT2D eigenvalue weighted by Crippen LogP contribution is 2.33. The Morgan fingerprint density at radius 2 is 1.79 bits per heavy atom. The number of nitrogens with one attached hydrogen (secondary N) is 1. The smallest absolute Gasteiger partial charge is 0.223 e. The lowest BCUT2D eigenvalue weighted by atomic mass is 9.88. The second-order valence-electron chi connectivity index (χ2n) is 4.97. The summed E-state index contributed by atoms with van der Waals surface area (Å²) >= 11 is 0. The SMILES string of the molecule is CC(NC(=O)C1CCCCC1)C1CC1. The van der Waals surface area contributed by atoms with Crippen molar-refractivity contribution in [3.05, 3.63) is 0 Å². The number of carbonyl (C=O) groups excluding carboxylic acids is 1. The van der Waals surface area contributed by atoms with Gasteiger partial charge in [0.1, 0.15) is 0 Å². The number of amides is 1. The molecular formula is C12H21NO. The van der Waals surface area contributed by atoms with Crippen molar-refractivity contribution in [2.24, 2.45) is 11.8 Å². The summed E-state index contributed by atoms with van der Waals surface area (Å²) in [6.07, 6.45) is 8.67. The first kappa shape index (κ1) is 10.0. The molecule has 2 saturated carbocycles. The molecule has 0 aromatic rings. The Morgan fingerprint density at radius 1 is 1.14 bits per heavy atom. The predicted molar refractivity (Wildman–Crippen MR) is 56.9 cm³/mol. The Kier molecular flexibility index (Phi) is 3.09. The summed E-state index contributed by atoms with van der Waals surface area (Å²) in [5.41, 5.74) is 0. The number of hydrogen-bond acceptors (Lipinski definition) is 1. The minimum absolute atomic E-state index is 0.323. The molecule has 2 rings (SSSR count). The standard InChI is InChI=1S/C12H21NO/c1-9(10-7-8-10)13-12(14)11-5-3-2-4-6-11/h9-11H,2-8H2,1H3,(H,13,14). The lowest BCUT2D eigenvalue weighted by Gasteiger charge is -2.23. The molecule has 2 aliphatic carbocycles. The first-order valence-corrected chi connectivity index (χ1v) is 6.08. The first-order chi connectivity index (χ1) is 6.77. The van der Waals surface area contributed by atoms with Crippen molar-refractivity contribution < 1.29 is 4.79 Å². The maximum absolute atomic E-state index is 11.8. The van der Waals surface area contributed by atoms with Crippen molar-refractivity contribution in [3.63, 3.8) is 0 Å². The van der Waals surface area contributed by atoms with E-state index in [4.69, 9.17) is 0 Å². The van der Waals surface area contributed by atoms with Crippen LogP contribution in [0.4, 0.5) is 0 Å². The molecule has 1 atom stereocenters. The molecule has 0 aromatic heterocycles. The molecule has 1 unspecified atom stereocenters. The van der Waals surface area contributed by atoms with Crippen LogP contribution in [0.3, 0.4) is 0 Å². The van der Waals surface area contributed by atoms with Gasteiger partial charge in [-0.25, -0.2) is 0 Å². The molecule has 14 heavy (non-hydrogen) atoms. The fourth-order valence-corrected chi connectivity index (χ4v) is 2.42. The molecule has 80 valence electrons. The monoisotopic (exact) mass is 195 g/mol. The van der Waals surface area contributed by atoms with Gasteiger partial charge in [-0.3, -0.25) is 4.79 Å². The van der Waals surface area contributed by atoms with E-state index in [-0.39, 0.29) is 0 Å². The average Bonchev–Trinajstić information content (AvgIpc) is 3.02. The first-order valence-electron chi connectivity index (χ1n) is 6.08. The van der Waals surface area contributed by atoms with Crippen LogP contribution in [0.15, 0.2) is 0 Å². The van der Waals surface area contributed by atoms with Gasteiger partial charge in [0.05, 0.1) is 0 Å². The van der Waals surface area contributed by atoms with E-state index in [1.54, 1.807) is 0 Å². The second kappa shape index (κ2) is 4.33. The van der Waals surface area contributed by atoms with Gasteiger partial charge in [0.15, 0.2) is 0 Å². The van der Waals surface area contributed by atoms with Crippen molar-refractivity contribution in [2.75, 3.05) is 0 Å². The van der Waals surface area contributed by atoms with Crippen LogP contribution in [0.25, 0.3) is 0 Å². The molecule has 0 aliphatic heterocycles. The lowest BCUT2D eigenvalue weighted by Crippen LogP contribution is -2.39. The van der Waals surface area contributed by atoms with Crippen molar-refractivity contribution >= 4 is 5.91 Å². The normalized spacial score (nSPS) is 25.8. The van der Waals surface area contributed by atoms with E-state index in [1.807, 2.05) is 0 Å². The van der Waals surface area contributed by atoms with Crippen LogP contribution >= 0.6 is 0 Å². The average molecular weight is 195 g/mol. The van der Waals surface area contributed by atoms with Crippen molar-refractivity contribution in [3.8, 4) is 0 Å². The number of hydrogen-bond donors (Lipinski definition) is 1. The van der Waals surface area contributed by atoms with Crippen LogP contribution < -0.4 is 5.32 Å². The highest BCUT2D eigenvalue weighted by atomic mass is 16.1. The van der Waals surface area contributed by atoms with E-state index < -0.39 is 0 Å². The molecule has 0 bridgehead atoms. The van der Waals surface area contributed by atoms with Gasteiger partial charge >= 0.3 is 0 Å². The Bertz CT molecular complexity index is 204. The Morgan fingerprint density at radius 3 is 2.36 bits per heavy atom. The van der Waals surface area contributed by atoms with Crippen molar-refractivity contribution in [1.29, 1.82) is 0 Å². The van der Waals surface area contributed by atoms with E-state index in [0.29, 0.717) is 17.9 Å². The molecule has 1 amide bonds. The van der Waals surface area contributed by atoms with Crippen LogP contribution in [0.2, 0.25) is 0 Å². The number of carbonyl (C=O) groups is 1. The van der Waals surface area contributed by atoms with Crippen LogP contribution in [-0.4, -0.2) is 11.9 Å². The van der Waals surface area contributed by atoms with E-state index in [9.17, 15) is 4.79 Å². The molecule has 2 fully saturated rings. The summed E-state index contributed by atoms with van der Waals surface area (Å²) in [5.74, 6) is 1.43. The summed E-state index contributed by atoms with van der Waals surface area (Å²) in [4.78, 5) is 11.8. The zero-order valence-electron chi connectivity index (χ0n) is 9.09. The van der Waals surface area contributed by atoms with Gasteiger partial charge in [-0.1, -0.05) is 19.3 Å². The molecule has 0 spiro atoms. The summed E-state index contributed by atoms with van der Waals surface area (Å²) in [6, 6.07) is 0.421. The van der Waals surface area contributed by atoms with Crippen LogP contribution in [0, 0.1) is 11.8 Å².